The lowest BCUT2D eigenvalue weighted by Crippen LogP contribution is -2.27. The molecule has 0 bridgehead atoms. The monoisotopic (exact) mass is 430 g/mol. The summed E-state index contributed by atoms with van der Waals surface area (Å²) >= 11 is 1.68. The van der Waals surface area contributed by atoms with Crippen LogP contribution in [-0.2, 0) is 13.2 Å². The molecule has 0 atom stereocenters. The molecule has 2 aromatic carbocycles. The molecule has 30 heavy (non-hydrogen) atoms. The average Bonchev–Trinajstić information content (AvgIpc) is 3.26. The summed E-state index contributed by atoms with van der Waals surface area (Å²) in [7, 11) is 1.52. The molecule has 0 spiro atoms. The van der Waals surface area contributed by atoms with Crippen LogP contribution in [0, 0.1) is 11.6 Å². The normalized spacial score (nSPS) is 10.7. The van der Waals surface area contributed by atoms with Gasteiger partial charge in [-0.1, -0.05) is 18.7 Å². The Balaban J connectivity index is 1.77. The molecule has 3 aromatic rings. The minimum absolute atomic E-state index is 0.127. The molecule has 0 saturated heterocycles. The lowest BCUT2D eigenvalue weighted by atomic mass is 10.1. The van der Waals surface area contributed by atoms with E-state index in [0.29, 0.717) is 31.1 Å². The Morgan fingerprint density at radius 1 is 1.10 bits per heavy atom. The highest BCUT2D eigenvalue weighted by Gasteiger charge is 2.15. The number of benzene rings is 2. The molecule has 3 rings (SSSR count). The van der Waals surface area contributed by atoms with Gasteiger partial charge in [-0.05, 0) is 41.8 Å². The molecule has 0 saturated carbocycles. The second-order valence-corrected chi connectivity index (χ2v) is 7.62. The summed E-state index contributed by atoms with van der Waals surface area (Å²) in [6.45, 7) is 5.85. The highest BCUT2D eigenvalue weighted by molar-refractivity contribution is 7.09. The molecule has 4 nitrogen and oxygen atoms in total. The number of halogens is 2. The number of hydrogen-bond donors (Lipinski definition) is 1. The van der Waals surface area contributed by atoms with Crippen LogP contribution in [0.5, 0.6) is 11.5 Å². The van der Waals surface area contributed by atoms with Gasteiger partial charge in [0.25, 0.3) is 0 Å². The molecule has 0 fully saturated rings. The fourth-order valence-electron chi connectivity index (χ4n) is 3.02. The van der Waals surface area contributed by atoms with Gasteiger partial charge in [0, 0.05) is 29.2 Å². The van der Waals surface area contributed by atoms with Crippen molar-refractivity contribution in [1.82, 2.24) is 4.90 Å². The molecule has 0 aliphatic heterocycles. The van der Waals surface area contributed by atoms with Crippen molar-refractivity contribution in [1.29, 1.82) is 0 Å². The molecule has 7 heteroatoms. The number of ether oxygens (including phenoxy) is 2. The van der Waals surface area contributed by atoms with Gasteiger partial charge in [0.05, 0.1) is 19.2 Å². The van der Waals surface area contributed by atoms with E-state index in [1.807, 2.05) is 17.5 Å². The topological polar surface area (TPSA) is 47.7 Å². The van der Waals surface area contributed by atoms with Crippen molar-refractivity contribution in [3.63, 3.8) is 0 Å². The molecule has 0 aliphatic rings. The fraction of sp³-hybridized carbons (Fsp3) is 0.217. The molecule has 2 N–H and O–H groups in total. The first kappa shape index (κ1) is 21.8. The number of nitrogens with two attached hydrogens (primary N) is 1. The molecule has 158 valence electrons. The summed E-state index contributed by atoms with van der Waals surface area (Å²) < 4.78 is 38.8. The third-order valence-electron chi connectivity index (χ3n) is 4.64. The standard InChI is InChI=1S/C23H24F2N2O2S/c1-16(27(11-10-26)14-18-5-4-12-30-18)17-8-9-22(23(13-17)28-2)29-15-19-20(24)6-3-7-21(19)25/h3-9,12-13H,1,10-11,14-15,26H2,2H3. The van der Waals surface area contributed by atoms with Crippen molar-refractivity contribution in [3.8, 4) is 11.5 Å². The molecule has 0 radical (unpaired) electrons. The van der Waals surface area contributed by atoms with Gasteiger partial charge in [0.2, 0.25) is 0 Å². The number of hydrogen-bond acceptors (Lipinski definition) is 5. The quantitative estimate of drug-likeness (QED) is 0.489. The zero-order valence-electron chi connectivity index (χ0n) is 16.7. The number of rotatable bonds is 10. The Kier molecular flexibility index (Phi) is 7.43. The first-order valence-electron chi connectivity index (χ1n) is 9.44. The highest BCUT2D eigenvalue weighted by Crippen LogP contribution is 2.32. The van der Waals surface area contributed by atoms with Crippen LogP contribution in [0.4, 0.5) is 8.78 Å². The average molecular weight is 431 g/mol. The maximum Gasteiger partial charge on any atom is 0.161 e. The van der Waals surface area contributed by atoms with Crippen molar-refractivity contribution >= 4 is 17.0 Å². The van der Waals surface area contributed by atoms with Crippen molar-refractivity contribution < 1.29 is 18.3 Å². The van der Waals surface area contributed by atoms with Crippen LogP contribution in [0.25, 0.3) is 5.70 Å². The zero-order valence-corrected chi connectivity index (χ0v) is 17.6. The summed E-state index contributed by atoms with van der Waals surface area (Å²) in [6, 6.07) is 13.2. The lowest BCUT2D eigenvalue weighted by molar-refractivity contribution is 0.274. The summed E-state index contributed by atoms with van der Waals surface area (Å²) in [5.74, 6) is -0.454. The van der Waals surface area contributed by atoms with Crippen LogP contribution in [0.15, 0.2) is 60.5 Å². The van der Waals surface area contributed by atoms with Crippen molar-refractivity contribution in [2.24, 2.45) is 5.73 Å². The van der Waals surface area contributed by atoms with Gasteiger partial charge >= 0.3 is 0 Å². The van der Waals surface area contributed by atoms with Gasteiger partial charge in [-0.2, -0.15) is 0 Å². The molecular weight excluding hydrogens is 406 g/mol. The second-order valence-electron chi connectivity index (χ2n) is 6.59. The minimum Gasteiger partial charge on any atom is -0.493 e. The van der Waals surface area contributed by atoms with Crippen molar-refractivity contribution in [2.75, 3.05) is 20.2 Å². The van der Waals surface area contributed by atoms with Gasteiger partial charge in [-0.25, -0.2) is 8.78 Å². The van der Waals surface area contributed by atoms with Crippen LogP contribution in [0.3, 0.4) is 0 Å². The summed E-state index contributed by atoms with van der Waals surface area (Å²) in [6.07, 6.45) is 0. The summed E-state index contributed by atoms with van der Waals surface area (Å²) in [5.41, 5.74) is 7.31. The molecule has 0 amide bonds. The number of methoxy groups -OCH3 is 1. The molecule has 1 aromatic heterocycles. The van der Waals surface area contributed by atoms with Crippen LogP contribution < -0.4 is 15.2 Å². The van der Waals surface area contributed by atoms with Gasteiger partial charge < -0.3 is 20.1 Å². The predicted molar refractivity (Wildman–Crippen MR) is 117 cm³/mol. The van der Waals surface area contributed by atoms with Gasteiger partial charge in [0.1, 0.15) is 18.2 Å². The third-order valence-corrected chi connectivity index (χ3v) is 5.50. The molecule has 0 unspecified atom stereocenters. The van der Waals surface area contributed by atoms with Crippen LogP contribution in [0.2, 0.25) is 0 Å². The van der Waals surface area contributed by atoms with Crippen molar-refractivity contribution in [3.05, 3.63) is 88.1 Å². The van der Waals surface area contributed by atoms with Gasteiger partial charge in [-0.3, -0.25) is 0 Å². The van der Waals surface area contributed by atoms with Gasteiger partial charge in [0.15, 0.2) is 11.5 Å². The molecule has 0 aliphatic carbocycles. The molecular formula is C23H24F2N2O2S. The van der Waals surface area contributed by atoms with Gasteiger partial charge in [-0.15, -0.1) is 11.3 Å². The fourth-order valence-corrected chi connectivity index (χ4v) is 3.74. The summed E-state index contributed by atoms with van der Waals surface area (Å²) in [5, 5.41) is 2.03. The maximum atomic E-state index is 13.8. The smallest absolute Gasteiger partial charge is 0.161 e. The Morgan fingerprint density at radius 3 is 2.50 bits per heavy atom. The van der Waals surface area contributed by atoms with E-state index < -0.39 is 11.6 Å². The first-order valence-corrected chi connectivity index (χ1v) is 10.3. The summed E-state index contributed by atoms with van der Waals surface area (Å²) in [4.78, 5) is 3.32. The van der Waals surface area contributed by atoms with E-state index in [0.717, 1.165) is 11.3 Å². The number of nitrogens with zero attached hydrogens (tertiary/aromatic N) is 1. The third kappa shape index (κ3) is 5.17. The van der Waals surface area contributed by atoms with E-state index in [1.54, 1.807) is 23.5 Å². The highest BCUT2D eigenvalue weighted by atomic mass is 32.1. The van der Waals surface area contributed by atoms with Crippen LogP contribution >= 0.6 is 11.3 Å². The second kappa shape index (κ2) is 10.2. The zero-order chi connectivity index (χ0) is 21.5. The van der Waals surface area contributed by atoms with E-state index in [9.17, 15) is 8.78 Å². The Bertz CT molecular complexity index is 973. The minimum atomic E-state index is -0.648. The number of thiophene rings is 1. The van der Waals surface area contributed by atoms with Crippen LogP contribution in [0.1, 0.15) is 16.0 Å². The Hall–Kier alpha value is -2.90. The van der Waals surface area contributed by atoms with E-state index in [-0.39, 0.29) is 12.2 Å². The largest absolute Gasteiger partial charge is 0.493 e. The van der Waals surface area contributed by atoms with E-state index in [4.69, 9.17) is 15.2 Å². The predicted octanol–water partition coefficient (Wildman–Crippen LogP) is 5.05. The Morgan fingerprint density at radius 2 is 1.87 bits per heavy atom. The lowest BCUT2D eigenvalue weighted by Gasteiger charge is -2.26. The van der Waals surface area contributed by atoms with Crippen LogP contribution in [-0.4, -0.2) is 25.1 Å². The maximum absolute atomic E-state index is 13.8. The molecule has 1 heterocycles. The van der Waals surface area contributed by atoms with E-state index >= 15 is 0 Å². The Labute approximate surface area is 179 Å². The SMILES string of the molecule is C=C(c1ccc(OCc2c(F)cccc2F)c(OC)c1)N(CCN)Cc1cccs1. The first-order chi connectivity index (χ1) is 14.5. The van der Waals surface area contributed by atoms with E-state index in [1.165, 1.54) is 30.2 Å². The van der Waals surface area contributed by atoms with E-state index in [2.05, 4.69) is 17.5 Å². The van der Waals surface area contributed by atoms with Crippen molar-refractivity contribution in [2.45, 2.75) is 13.2 Å².